The van der Waals surface area contributed by atoms with Crippen LogP contribution in [0, 0.1) is 0 Å². The lowest BCUT2D eigenvalue weighted by Crippen LogP contribution is -2.48. The average Bonchev–Trinajstić information content (AvgIpc) is 3.15. The van der Waals surface area contributed by atoms with Crippen molar-refractivity contribution >= 4 is 27.3 Å². The molecule has 0 N–H and O–H groups in total. The van der Waals surface area contributed by atoms with Crippen LogP contribution in [-0.4, -0.2) is 68.7 Å². The van der Waals surface area contributed by atoms with E-state index in [-0.39, 0.29) is 10.8 Å². The van der Waals surface area contributed by atoms with E-state index >= 15 is 0 Å². The monoisotopic (exact) mass is 393 g/mol. The molecule has 3 rings (SSSR count). The zero-order valence-corrected chi connectivity index (χ0v) is 16.6. The Morgan fingerprint density at radius 2 is 1.88 bits per heavy atom. The van der Waals surface area contributed by atoms with Crippen LogP contribution in [0.3, 0.4) is 0 Å². The molecule has 0 bridgehead atoms. The number of rotatable bonds is 5. The van der Waals surface area contributed by atoms with Gasteiger partial charge in [-0.15, -0.1) is 0 Å². The highest BCUT2D eigenvalue weighted by atomic mass is 32.2. The molecule has 2 heterocycles. The van der Waals surface area contributed by atoms with Gasteiger partial charge in [-0.2, -0.15) is 11.3 Å². The third-order valence-electron chi connectivity index (χ3n) is 4.51. The average molecular weight is 394 g/mol. The van der Waals surface area contributed by atoms with Gasteiger partial charge in [0.15, 0.2) is 0 Å². The van der Waals surface area contributed by atoms with Crippen LogP contribution < -0.4 is 0 Å². The Morgan fingerprint density at radius 1 is 1.15 bits per heavy atom. The van der Waals surface area contributed by atoms with Gasteiger partial charge in [-0.25, -0.2) is 12.7 Å². The molecular formula is C18H23N3O3S2. The van der Waals surface area contributed by atoms with Crippen molar-refractivity contribution in [2.75, 3.05) is 40.3 Å². The number of hydrogen-bond donors (Lipinski definition) is 0. The highest BCUT2D eigenvalue weighted by molar-refractivity contribution is 7.89. The van der Waals surface area contributed by atoms with Gasteiger partial charge in [0.05, 0.1) is 4.90 Å². The summed E-state index contributed by atoms with van der Waals surface area (Å²) in [6, 6.07) is 8.41. The van der Waals surface area contributed by atoms with E-state index in [2.05, 4.69) is 21.7 Å². The van der Waals surface area contributed by atoms with Crippen molar-refractivity contribution in [3.05, 3.63) is 52.2 Å². The van der Waals surface area contributed by atoms with Crippen LogP contribution in [0.25, 0.3) is 0 Å². The summed E-state index contributed by atoms with van der Waals surface area (Å²) < 4.78 is 25.7. The molecule has 1 aromatic carbocycles. The number of carbonyl (C=O) groups is 1. The van der Waals surface area contributed by atoms with Crippen molar-refractivity contribution in [2.24, 2.45) is 0 Å². The third kappa shape index (κ3) is 4.15. The Hall–Kier alpha value is -1.74. The van der Waals surface area contributed by atoms with Gasteiger partial charge in [0, 0.05) is 52.4 Å². The Labute approximate surface area is 158 Å². The summed E-state index contributed by atoms with van der Waals surface area (Å²) in [4.78, 5) is 17.0. The van der Waals surface area contributed by atoms with Crippen molar-refractivity contribution in [1.82, 2.24) is 14.1 Å². The Balaban J connectivity index is 1.65. The second-order valence-electron chi connectivity index (χ2n) is 6.52. The normalized spacial score (nSPS) is 16.2. The minimum atomic E-state index is -3.55. The number of amides is 1. The highest BCUT2D eigenvalue weighted by Gasteiger charge is 2.24. The smallest absolute Gasteiger partial charge is 0.253 e. The molecule has 0 atom stereocenters. The van der Waals surface area contributed by atoms with E-state index in [4.69, 9.17) is 0 Å². The van der Waals surface area contributed by atoms with E-state index in [0.717, 1.165) is 23.9 Å². The van der Waals surface area contributed by atoms with Crippen LogP contribution in [0.4, 0.5) is 0 Å². The maximum atomic E-state index is 12.8. The van der Waals surface area contributed by atoms with Crippen molar-refractivity contribution in [3.63, 3.8) is 0 Å². The highest BCUT2D eigenvalue weighted by Crippen LogP contribution is 2.18. The van der Waals surface area contributed by atoms with Crippen molar-refractivity contribution in [2.45, 2.75) is 11.4 Å². The van der Waals surface area contributed by atoms with Gasteiger partial charge in [-0.1, -0.05) is 6.07 Å². The molecule has 0 unspecified atom stereocenters. The largest absolute Gasteiger partial charge is 0.336 e. The molecule has 1 saturated heterocycles. The molecule has 1 fully saturated rings. The fourth-order valence-electron chi connectivity index (χ4n) is 2.93. The molecule has 0 saturated carbocycles. The molecule has 1 amide bonds. The van der Waals surface area contributed by atoms with Crippen LogP contribution in [0.1, 0.15) is 15.9 Å². The molecule has 6 nitrogen and oxygen atoms in total. The van der Waals surface area contributed by atoms with Crippen molar-refractivity contribution < 1.29 is 13.2 Å². The lowest BCUT2D eigenvalue weighted by molar-refractivity contribution is 0.0628. The SMILES string of the molecule is CN(C)S(=O)(=O)c1cccc(C(=O)N2CCN(Cc3ccsc3)CC2)c1. The summed E-state index contributed by atoms with van der Waals surface area (Å²) in [5, 5.41) is 4.22. The van der Waals surface area contributed by atoms with E-state index < -0.39 is 10.0 Å². The lowest BCUT2D eigenvalue weighted by atomic mass is 10.1. The van der Waals surface area contributed by atoms with Crippen LogP contribution in [-0.2, 0) is 16.6 Å². The number of carbonyl (C=O) groups excluding carboxylic acids is 1. The molecule has 0 radical (unpaired) electrons. The molecule has 0 aliphatic carbocycles. The van der Waals surface area contributed by atoms with Gasteiger partial charge >= 0.3 is 0 Å². The number of benzene rings is 1. The number of hydrogen-bond acceptors (Lipinski definition) is 5. The summed E-state index contributed by atoms with van der Waals surface area (Å²) in [6.07, 6.45) is 0. The second-order valence-corrected chi connectivity index (χ2v) is 9.45. The Kier molecular flexibility index (Phi) is 5.76. The van der Waals surface area contributed by atoms with Gasteiger partial charge in [0.1, 0.15) is 0 Å². The Bertz CT molecular complexity index is 856. The molecule has 1 aliphatic heterocycles. The topological polar surface area (TPSA) is 60.9 Å². The summed E-state index contributed by atoms with van der Waals surface area (Å²) in [5.41, 5.74) is 1.72. The fourth-order valence-corrected chi connectivity index (χ4v) is 4.54. The molecule has 1 aliphatic rings. The number of piperazine rings is 1. The minimum absolute atomic E-state index is 0.115. The molecular weight excluding hydrogens is 370 g/mol. The molecule has 8 heteroatoms. The maximum absolute atomic E-state index is 12.8. The zero-order valence-electron chi connectivity index (χ0n) is 15.0. The summed E-state index contributed by atoms with van der Waals surface area (Å²) >= 11 is 1.69. The van der Waals surface area contributed by atoms with Crippen LogP contribution >= 0.6 is 11.3 Å². The van der Waals surface area contributed by atoms with Crippen molar-refractivity contribution in [3.8, 4) is 0 Å². The second kappa shape index (κ2) is 7.87. The zero-order chi connectivity index (χ0) is 18.7. The molecule has 2 aromatic rings. The first-order chi connectivity index (χ1) is 12.4. The van der Waals surface area contributed by atoms with Gasteiger partial charge in [0.25, 0.3) is 5.91 Å². The standard InChI is InChI=1S/C18H23N3O3S2/c1-19(2)26(23,24)17-5-3-4-16(12-17)18(22)21-9-7-20(8-10-21)13-15-6-11-25-14-15/h3-6,11-12,14H,7-10,13H2,1-2H3. The van der Waals surface area contributed by atoms with E-state index in [9.17, 15) is 13.2 Å². The van der Waals surface area contributed by atoms with Gasteiger partial charge in [0.2, 0.25) is 10.0 Å². The Morgan fingerprint density at radius 3 is 2.50 bits per heavy atom. The molecule has 0 spiro atoms. The first-order valence-corrected chi connectivity index (χ1v) is 10.8. The summed E-state index contributed by atoms with van der Waals surface area (Å²) in [6.45, 7) is 3.83. The van der Waals surface area contributed by atoms with Crippen LogP contribution in [0.5, 0.6) is 0 Å². The lowest BCUT2D eigenvalue weighted by Gasteiger charge is -2.34. The molecule has 1 aromatic heterocycles. The maximum Gasteiger partial charge on any atom is 0.253 e. The number of thiophene rings is 1. The minimum Gasteiger partial charge on any atom is -0.336 e. The third-order valence-corrected chi connectivity index (χ3v) is 7.05. The van der Waals surface area contributed by atoms with Crippen molar-refractivity contribution in [1.29, 1.82) is 0 Å². The molecule has 26 heavy (non-hydrogen) atoms. The predicted octanol–water partition coefficient (Wildman–Crippen LogP) is 1.96. The summed E-state index contributed by atoms with van der Waals surface area (Å²) in [5.74, 6) is -0.115. The fraction of sp³-hybridized carbons (Fsp3) is 0.389. The predicted molar refractivity (Wildman–Crippen MR) is 103 cm³/mol. The van der Waals surface area contributed by atoms with E-state index in [1.165, 1.54) is 31.8 Å². The van der Waals surface area contributed by atoms with E-state index in [0.29, 0.717) is 18.7 Å². The van der Waals surface area contributed by atoms with Gasteiger partial charge in [-0.3, -0.25) is 9.69 Å². The van der Waals surface area contributed by atoms with E-state index in [1.54, 1.807) is 28.4 Å². The number of sulfonamides is 1. The van der Waals surface area contributed by atoms with E-state index in [1.807, 2.05) is 0 Å². The quantitative estimate of drug-likeness (QED) is 0.779. The first-order valence-electron chi connectivity index (χ1n) is 8.43. The summed E-state index contributed by atoms with van der Waals surface area (Å²) in [7, 11) is -0.581. The first kappa shape index (κ1) is 19.0. The molecule has 140 valence electrons. The van der Waals surface area contributed by atoms with Gasteiger partial charge < -0.3 is 4.90 Å². The number of nitrogens with zero attached hydrogens (tertiary/aromatic N) is 3. The van der Waals surface area contributed by atoms with Gasteiger partial charge in [-0.05, 0) is 40.6 Å². The van der Waals surface area contributed by atoms with Crippen LogP contribution in [0.2, 0.25) is 0 Å². The van der Waals surface area contributed by atoms with Crippen LogP contribution in [0.15, 0.2) is 46.0 Å².